The third kappa shape index (κ3) is 8.48. The van der Waals surface area contributed by atoms with Crippen LogP contribution in [0.25, 0.3) is 0 Å². The van der Waals surface area contributed by atoms with E-state index in [1.165, 1.54) is 19.4 Å². The van der Waals surface area contributed by atoms with Crippen LogP contribution in [-0.4, -0.2) is 85.9 Å². The lowest BCUT2D eigenvalue weighted by atomic mass is 10.0. The highest BCUT2D eigenvalue weighted by molar-refractivity contribution is 5.94. The fourth-order valence-electron chi connectivity index (χ4n) is 3.16. The number of hydrogen-bond donors (Lipinski definition) is 8. The van der Waals surface area contributed by atoms with E-state index in [1.54, 1.807) is 30.3 Å². The summed E-state index contributed by atoms with van der Waals surface area (Å²) in [7, 11) is 0. The highest BCUT2D eigenvalue weighted by Crippen LogP contribution is 2.06. The maximum atomic E-state index is 13.0. The summed E-state index contributed by atoms with van der Waals surface area (Å²) in [5.74, 6) is -3.86. The number of aromatic amines is 1. The molecule has 5 unspecified atom stereocenters. The zero-order valence-corrected chi connectivity index (χ0v) is 19.0. The predicted molar refractivity (Wildman–Crippen MR) is 123 cm³/mol. The molecule has 190 valence electrons. The fourth-order valence-corrected chi connectivity index (χ4v) is 3.16. The van der Waals surface area contributed by atoms with Crippen molar-refractivity contribution in [2.45, 2.75) is 50.0 Å². The first kappa shape index (κ1) is 27.4. The Kier molecular flexibility index (Phi) is 10.3. The second kappa shape index (κ2) is 13.2. The number of carboxylic acid groups (broad SMARTS) is 1. The number of nitrogens with zero attached hydrogens (tertiary/aromatic N) is 1. The molecule has 35 heavy (non-hydrogen) atoms. The molecule has 0 aliphatic rings. The zero-order chi connectivity index (χ0) is 26.0. The Morgan fingerprint density at radius 1 is 1.00 bits per heavy atom. The van der Waals surface area contributed by atoms with Gasteiger partial charge in [-0.2, -0.15) is 0 Å². The minimum absolute atomic E-state index is 0.0139. The van der Waals surface area contributed by atoms with Crippen LogP contribution in [0.5, 0.6) is 0 Å². The smallest absolute Gasteiger partial charge is 0.326 e. The lowest BCUT2D eigenvalue weighted by molar-refractivity contribution is -0.143. The minimum atomic E-state index is -1.52. The molecule has 1 aromatic heterocycles. The summed E-state index contributed by atoms with van der Waals surface area (Å²) in [5, 5.41) is 35.9. The van der Waals surface area contributed by atoms with E-state index in [4.69, 9.17) is 10.8 Å². The number of nitrogens with two attached hydrogens (primary N) is 1. The Labute approximate surface area is 201 Å². The summed E-state index contributed by atoms with van der Waals surface area (Å²) in [4.78, 5) is 56.3. The second-order valence-electron chi connectivity index (χ2n) is 7.95. The van der Waals surface area contributed by atoms with Gasteiger partial charge in [0.1, 0.15) is 24.2 Å². The first-order valence-corrected chi connectivity index (χ1v) is 10.8. The molecule has 13 nitrogen and oxygen atoms in total. The van der Waals surface area contributed by atoms with Crippen molar-refractivity contribution in [3.63, 3.8) is 0 Å². The highest BCUT2D eigenvalue weighted by Gasteiger charge is 2.33. The van der Waals surface area contributed by atoms with E-state index < -0.39 is 60.6 Å². The van der Waals surface area contributed by atoms with Crippen molar-refractivity contribution < 1.29 is 34.5 Å². The predicted octanol–water partition coefficient (Wildman–Crippen LogP) is -2.57. The molecule has 0 aliphatic heterocycles. The molecule has 1 aromatic carbocycles. The number of carboxylic acids is 1. The van der Waals surface area contributed by atoms with E-state index in [1.807, 2.05) is 0 Å². The van der Waals surface area contributed by atoms with Gasteiger partial charge in [0, 0.05) is 24.7 Å². The maximum absolute atomic E-state index is 13.0. The van der Waals surface area contributed by atoms with Gasteiger partial charge in [-0.05, 0) is 12.5 Å². The number of carbonyl (C=O) groups excluding carboxylic acids is 3. The molecule has 0 saturated heterocycles. The summed E-state index contributed by atoms with van der Waals surface area (Å²) in [6, 6.07) is 3.27. The van der Waals surface area contributed by atoms with Crippen molar-refractivity contribution in [3.05, 3.63) is 54.1 Å². The average Bonchev–Trinajstić information content (AvgIpc) is 3.34. The number of amides is 3. The van der Waals surface area contributed by atoms with Crippen LogP contribution < -0.4 is 21.7 Å². The Bertz CT molecular complexity index is 983. The number of H-pyrrole nitrogens is 1. The summed E-state index contributed by atoms with van der Waals surface area (Å²) >= 11 is 0. The van der Waals surface area contributed by atoms with Gasteiger partial charge >= 0.3 is 5.97 Å². The van der Waals surface area contributed by atoms with Crippen LogP contribution in [0.1, 0.15) is 18.2 Å². The first-order valence-electron chi connectivity index (χ1n) is 10.8. The van der Waals surface area contributed by atoms with Crippen molar-refractivity contribution in [1.82, 2.24) is 25.9 Å². The van der Waals surface area contributed by atoms with Crippen molar-refractivity contribution in [2.24, 2.45) is 5.73 Å². The molecule has 0 aliphatic carbocycles. The molecule has 5 atom stereocenters. The largest absolute Gasteiger partial charge is 0.480 e. The van der Waals surface area contributed by atoms with Gasteiger partial charge in [-0.3, -0.25) is 14.4 Å². The van der Waals surface area contributed by atoms with E-state index in [0.29, 0.717) is 11.3 Å². The van der Waals surface area contributed by atoms with Gasteiger partial charge in [0.05, 0.1) is 19.0 Å². The van der Waals surface area contributed by atoms with E-state index in [0.717, 1.165) is 0 Å². The third-order valence-corrected chi connectivity index (χ3v) is 5.11. The first-order chi connectivity index (χ1) is 16.6. The van der Waals surface area contributed by atoms with Crippen LogP contribution in [0, 0.1) is 0 Å². The Morgan fingerprint density at radius 3 is 2.20 bits per heavy atom. The van der Waals surface area contributed by atoms with Crippen LogP contribution in [0.3, 0.4) is 0 Å². The number of hydrogen-bond acceptors (Lipinski definition) is 8. The lowest BCUT2D eigenvalue weighted by Crippen LogP contribution is -2.60. The van der Waals surface area contributed by atoms with Gasteiger partial charge in [0.15, 0.2) is 0 Å². The summed E-state index contributed by atoms with van der Waals surface area (Å²) in [5.41, 5.74) is 6.66. The second-order valence-corrected chi connectivity index (χ2v) is 7.95. The maximum Gasteiger partial charge on any atom is 0.326 e. The van der Waals surface area contributed by atoms with Gasteiger partial charge in [-0.1, -0.05) is 30.3 Å². The van der Waals surface area contributed by atoms with Crippen LogP contribution in [0.2, 0.25) is 0 Å². The molecule has 13 heteroatoms. The molecule has 0 saturated carbocycles. The number of aliphatic carboxylic acids is 1. The van der Waals surface area contributed by atoms with Crippen molar-refractivity contribution in [2.75, 3.05) is 6.61 Å². The molecule has 1 heterocycles. The molecule has 9 N–H and O–H groups in total. The Hall–Kier alpha value is -3.81. The molecule has 0 fully saturated rings. The van der Waals surface area contributed by atoms with Gasteiger partial charge in [0.25, 0.3) is 0 Å². The lowest BCUT2D eigenvalue weighted by Gasteiger charge is -2.26. The van der Waals surface area contributed by atoms with Gasteiger partial charge < -0.3 is 42.0 Å². The summed E-state index contributed by atoms with van der Waals surface area (Å²) in [6.45, 7) is 0.600. The number of aliphatic hydroxyl groups excluding tert-OH is 2. The quantitative estimate of drug-likeness (QED) is 0.148. The van der Waals surface area contributed by atoms with Crippen LogP contribution >= 0.6 is 0 Å². The number of aliphatic hydroxyl groups is 2. The number of rotatable bonds is 13. The summed E-state index contributed by atoms with van der Waals surface area (Å²) < 4.78 is 0. The fraction of sp³-hybridized carbons (Fsp3) is 0.409. The topological polar surface area (TPSA) is 220 Å². The molecule has 0 radical (unpaired) electrons. The van der Waals surface area contributed by atoms with E-state index >= 15 is 0 Å². The summed E-state index contributed by atoms with van der Waals surface area (Å²) in [6.07, 6.45) is 1.33. The molecular formula is C22H30N6O7. The Balaban J connectivity index is 2.15. The van der Waals surface area contributed by atoms with Crippen molar-refractivity contribution >= 4 is 23.7 Å². The average molecular weight is 491 g/mol. The van der Waals surface area contributed by atoms with Gasteiger partial charge in [-0.15, -0.1) is 0 Å². The van der Waals surface area contributed by atoms with Crippen LogP contribution in [0.15, 0.2) is 42.9 Å². The van der Waals surface area contributed by atoms with Crippen molar-refractivity contribution in [3.8, 4) is 0 Å². The van der Waals surface area contributed by atoms with Crippen molar-refractivity contribution in [1.29, 1.82) is 0 Å². The SMILES string of the molecule is CC(O)C(NC(=O)C(Cc1cnc[nH]1)NC(=O)C(N)CO)C(=O)NC(Cc1ccccc1)C(=O)O. The van der Waals surface area contributed by atoms with Gasteiger partial charge in [0.2, 0.25) is 17.7 Å². The molecule has 0 spiro atoms. The minimum Gasteiger partial charge on any atom is -0.480 e. The van der Waals surface area contributed by atoms with Crippen LogP contribution in [0.4, 0.5) is 0 Å². The molecule has 2 aromatic rings. The van der Waals surface area contributed by atoms with Gasteiger partial charge in [-0.25, -0.2) is 9.78 Å². The van der Waals surface area contributed by atoms with E-state index in [2.05, 4.69) is 25.9 Å². The molecule has 3 amide bonds. The van der Waals surface area contributed by atoms with Crippen LogP contribution in [-0.2, 0) is 32.0 Å². The monoisotopic (exact) mass is 490 g/mol. The molecule has 2 rings (SSSR count). The standard InChI is InChI=1S/C22H30N6O7/c1-12(30)18(21(33)27-17(22(34)35)7-13-5-3-2-4-6-13)28-20(32)16(8-14-9-24-11-25-14)26-19(31)15(23)10-29/h2-6,9,11-12,15-18,29-30H,7-8,10,23H2,1H3,(H,24,25)(H,26,31)(H,27,33)(H,28,32)(H,34,35). The number of carbonyl (C=O) groups is 4. The Morgan fingerprint density at radius 2 is 1.66 bits per heavy atom. The number of benzene rings is 1. The highest BCUT2D eigenvalue weighted by atomic mass is 16.4. The zero-order valence-electron chi connectivity index (χ0n) is 19.0. The molecular weight excluding hydrogens is 460 g/mol. The normalized spacial score (nSPS) is 15.2. The third-order valence-electron chi connectivity index (χ3n) is 5.11. The number of aromatic nitrogens is 2. The van der Waals surface area contributed by atoms with E-state index in [9.17, 15) is 29.4 Å². The number of imidazole rings is 1. The number of nitrogens with one attached hydrogen (secondary N) is 4. The van der Waals surface area contributed by atoms with E-state index in [-0.39, 0.29) is 12.8 Å². The molecule has 0 bridgehead atoms.